The molecule has 0 bridgehead atoms. The number of nitrogens with one attached hydrogen (secondary N) is 1. The minimum absolute atomic E-state index is 0.230. The number of benzene rings is 1. The van der Waals surface area contributed by atoms with Gasteiger partial charge >= 0.3 is 5.69 Å². The number of piperidine rings is 2. The Hall–Kier alpha value is -2.49. The smallest absolute Gasteiger partial charge is 0.329 e. The third-order valence-corrected chi connectivity index (χ3v) is 8.60. The molecule has 3 heterocycles. The summed E-state index contributed by atoms with van der Waals surface area (Å²) in [6.45, 7) is 3.09. The Morgan fingerprint density at radius 2 is 1.77 bits per heavy atom. The molecule has 1 aliphatic carbocycles. The van der Waals surface area contributed by atoms with E-state index in [9.17, 15) is 14.4 Å². The van der Waals surface area contributed by atoms with Crippen molar-refractivity contribution in [2.45, 2.75) is 69.1 Å². The Morgan fingerprint density at radius 3 is 2.43 bits per heavy atom. The van der Waals surface area contributed by atoms with Crippen molar-refractivity contribution in [3.8, 4) is 0 Å². The van der Waals surface area contributed by atoms with E-state index in [-0.39, 0.29) is 18.0 Å². The van der Waals surface area contributed by atoms with Gasteiger partial charge in [-0.05, 0) is 68.6 Å². The number of carbonyl (C=O) groups excluding carboxylic acids is 2. The second kappa shape index (κ2) is 9.52. The van der Waals surface area contributed by atoms with Crippen LogP contribution < -0.4 is 16.7 Å². The fraction of sp³-hybridized carbons (Fsp3) is 0.654. The molecule has 1 unspecified atom stereocenters. The van der Waals surface area contributed by atoms with Crippen molar-refractivity contribution < 1.29 is 14.3 Å². The minimum Gasteiger partial charge on any atom is -0.373 e. The van der Waals surface area contributed by atoms with Crippen LogP contribution in [0.15, 0.2) is 23.0 Å². The van der Waals surface area contributed by atoms with Gasteiger partial charge in [-0.15, -0.1) is 0 Å². The largest absolute Gasteiger partial charge is 0.373 e. The molecule has 3 N–H and O–H groups in total. The zero-order valence-corrected chi connectivity index (χ0v) is 20.8. The number of methoxy groups -OCH3 is 1. The molecular formula is C26H37N5O4. The topological polar surface area (TPSA) is 112 Å². The molecule has 1 saturated carbocycles. The highest BCUT2D eigenvalue weighted by atomic mass is 16.5. The van der Waals surface area contributed by atoms with Gasteiger partial charge in [-0.25, -0.2) is 4.79 Å². The van der Waals surface area contributed by atoms with Gasteiger partial charge in [-0.3, -0.25) is 24.0 Å². The predicted octanol–water partition coefficient (Wildman–Crippen LogP) is 1.77. The molecule has 0 radical (unpaired) electrons. The fourth-order valence-corrected chi connectivity index (χ4v) is 6.32. The van der Waals surface area contributed by atoms with Crippen molar-refractivity contribution in [2.24, 2.45) is 18.7 Å². The maximum atomic E-state index is 13.1. The fourth-order valence-electron chi connectivity index (χ4n) is 6.32. The standard InChI is InChI=1S/C26H37N5O4/c1-29-22-15-18(5-8-20(22)31(25(29)34)21-9-10-23(32)28-24(21)33)26(35-2)11-13-30(14-12-26)16-17-3-6-19(27)7-4-17/h5,8,15,17,19,21H,3-4,6-7,9-14,16,27H2,1-2H3,(H,28,32,33). The number of ether oxygens (including phenoxy) is 1. The third kappa shape index (κ3) is 4.45. The SMILES string of the molecule is COC1(c2ccc3c(c2)n(C)c(=O)n3C2CCC(=O)NC2=O)CCN(CC2CCC(N)CC2)CC1. The molecule has 2 saturated heterocycles. The molecule has 35 heavy (non-hydrogen) atoms. The lowest BCUT2D eigenvalue weighted by Gasteiger charge is -2.42. The quantitative estimate of drug-likeness (QED) is 0.627. The summed E-state index contributed by atoms with van der Waals surface area (Å²) in [7, 11) is 3.50. The minimum atomic E-state index is -0.677. The van der Waals surface area contributed by atoms with Crippen LogP contribution in [0.3, 0.4) is 0 Å². The number of imide groups is 1. The second-order valence-electron chi connectivity index (χ2n) is 10.7. The van der Waals surface area contributed by atoms with E-state index in [1.165, 1.54) is 17.4 Å². The summed E-state index contributed by atoms with van der Waals surface area (Å²) in [6.07, 6.45) is 7.07. The van der Waals surface area contributed by atoms with E-state index in [2.05, 4.69) is 10.2 Å². The second-order valence-corrected chi connectivity index (χ2v) is 10.7. The van der Waals surface area contributed by atoms with Crippen LogP contribution in [-0.2, 0) is 27.0 Å². The van der Waals surface area contributed by atoms with E-state index < -0.39 is 17.6 Å². The van der Waals surface area contributed by atoms with Gasteiger partial charge in [-0.1, -0.05) is 6.07 Å². The van der Waals surface area contributed by atoms with Crippen LogP contribution in [0.2, 0.25) is 0 Å². The number of imidazole rings is 1. The van der Waals surface area contributed by atoms with E-state index in [0.717, 1.165) is 62.3 Å². The number of rotatable bonds is 5. The van der Waals surface area contributed by atoms with E-state index in [0.29, 0.717) is 18.0 Å². The maximum absolute atomic E-state index is 13.1. The summed E-state index contributed by atoms with van der Waals surface area (Å²) in [5, 5.41) is 2.36. The Morgan fingerprint density at radius 1 is 1.06 bits per heavy atom. The predicted molar refractivity (Wildman–Crippen MR) is 133 cm³/mol. The maximum Gasteiger partial charge on any atom is 0.329 e. The molecule has 2 aliphatic heterocycles. The normalized spacial score (nSPS) is 27.8. The molecule has 190 valence electrons. The number of hydrogen-bond donors (Lipinski definition) is 2. The van der Waals surface area contributed by atoms with Gasteiger partial charge in [0.1, 0.15) is 6.04 Å². The van der Waals surface area contributed by atoms with Crippen LogP contribution >= 0.6 is 0 Å². The molecule has 1 aromatic heterocycles. The average molecular weight is 484 g/mol. The number of likely N-dealkylation sites (tertiary alicyclic amines) is 1. The van der Waals surface area contributed by atoms with Crippen LogP contribution in [0.1, 0.15) is 63.0 Å². The first kappa shape index (κ1) is 24.2. The molecule has 9 heteroatoms. The highest BCUT2D eigenvalue weighted by molar-refractivity contribution is 6.00. The molecule has 5 rings (SSSR count). The number of fused-ring (bicyclic) bond motifs is 1. The van der Waals surface area contributed by atoms with Crippen molar-refractivity contribution >= 4 is 22.8 Å². The van der Waals surface area contributed by atoms with Crippen LogP contribution in [0.5, 0.6) is 0 Å². The van der Waals surface area contributed by atoms with Gasteiger partial charge in [0.05, 0.1) is 16.6 Å². The number of aryl methyl sites for hydroxylation is 1. The number of amides is 2. The lowest BCUT2D eigenvalue weighted by atomic mass is 9.82. The number of nitrogens with two attached hydrogens (primary N) is 1. The van der Waals surface area contributed by atoms with Crippen LogP contribution in [-0.4, -0.2) is 58.6 Å². The lowest BCUT2D eigenvalue weighted by Crippen LogP contribution is -2.45. The van der Waals surface area contributed by atoms with Crippen molar-refractivity contribution in [3.05, 3.63) is 34.2 Å². The van der Waals surface area contributed by atoms with Crippen LogP contribution in [0, 0.1) is 5.92 Å². The first-order valence-corrected chi connectivity index (χ1v) is 12.9. The van der Waals surface area contributed by atoms with E-state index in [1.54, 1.807) is 18.7 Å². The van der Waals surface area contributed by atoms with Gasteiger partial charge in [0.15, 0.2) is 0 Å². The molecule has 2 amide bonds. The molecule has 2 aromatic rings. The van der Waals surface area contributed by atoms with Gasteiger partial charge < -0.3 is 15.4 Å². The molecular weight excluding hydrogens is 446 g/mol. The molecule has 1 atom stereocenters. The zero-order chi connectivity index (χ0) is 24.7. The Labute approximate surface area is 205 Å². The van der Waals surface area contributed by atoms with E-state index >= 15 is 0 Å². The highest BCUT2D eigenvalue weighted by Crippen LogP contribution is 2.38. The van der Waals surface area contributed by atoms with Crippen LogP contribution in [0.4, 0.5) is 0 Å². The summed E-state index contributed by atoms with van der Waals surface area (Å²) < 4.78 is 9.27. The molecule has 0 spiro atoms. The van der Waals surface area contributed by atoms with Gasteiger partial charge in [0.2, 0.25) is 11.8 Å². The van der Waals surface area contributed by atoms with Gasteiger partial charge in [-0.2, -0.15) is 0 Å². The van der Waals surface area contributed by atoms with Crippen molar-refractivity contribution in [2.75, 3.05) is 26.7 Å². The monoisotopic (exact) mass is 483 g/mol. The molecule has 1 aromatic carbocycles. The van der Waals surface area contributed by atoms with E-state index in [4.69, 9.17) is 10.5 Å². The first-order valence-electron chi connectivity index (χ1n) is 12.9. The Balaban J connectivity index is 1.37. The number of hydrogen-bond acceptors (Lipinski definition) is 6. The summed E-state index contributed by atoms with van der Waals surface area (Å²) in [6, 6.07) is 5.70. The number of nitrogens with zero attached hydrogens (tertiary/aromatic N) is 3. The molecule has 3 aliphatic rings. The Bertz CT molecular complexity index is 1170. The first-order chi connectivity index (χ1) is 16.8. The van der Waals surface area contributed by atoms with E-state index in [1.807, 2.05) is 18.2 Å². The third-order valence-electron chi connectivity index (χ3n) is 8.60. The number of carbonyl (C=O) groups is 2. The molecule has 9 nitrogen and oxygen atoms in total. The zero-order valence-electron chi connectivity index (χ0n) is 20.8. The summed E-state index contributed by atoms with van der Waals surface area (Å²) in [5.74, 6) is 0.0330. The molecule has 3 fully saturated rings. The van der Waals surface area contributed by atoms with Crippen molar-refractivity contribution in [1.29, 1.82) is 0 Å². The van der Waals surface area contributed by atoms with Crippen molar-refractivity contribution in [3.63, 3.8) is 0 Å². The summed E-state index contributed by atoms with van der Waals surface area (Å²) >= 11 is 0. The summed E-state index contributed by atoms with van der Waals surface area (Å²) in [5.41, 5.74) is 7.97. The average Bonchev–Trinajstić information content (AvgIpc) is 3.11. The van der Waals surface area contributed by atoms with Gasteiger partial charge in [0.25, 0.3) is 0 Å². The summed E-state index contributed by atoms with van der Waals surface area (Å²) in [4.78, 5) is 39.8. The Kier molecular flexibility index (Phi) is 6.59. The van der Waals surface area contributed by atoms with Crippen LogP contribution in [0.25, 0.3) is 11.0 Å². The number of aromatic nitrogens is 2. The van der Waals surface area contributed by atoms with Crippen molar-refractivity contribution in [1.82, 2.24) is 19.4 Å². The van der Waals surface area contributed by atoms with Gasteiger partial charge in [0, 0.05) is 46.3 Å². The lowest BCUT2D eigenvalue weighted by molar-refractivity contribution is -0.135. The highest BCUT2D eigenvalue weighted by Gasteiger charge is 2.38.